The van der Waals surface area contributed by atoms with E-state index in [1.54, 1.807) is 0 Å². The molecule has 0 aromatic heterocycles. The fourth-order valence-electron chi connectivity index (χ4n) is 0.851. The quantitative estimate of drug-likeness (QED) is 0.308. The van der Waals surface area contributed by atoms with E-state index in [-0.39, 0.29) is 12.2 Å². The van der Waals surface area contributed by atoms with Crippen molar-refractivity contribution in [2.75, 3.05) is 13.7 Å². The van der Waals surface area contributed by atoms with Crippen LogP contribution in [-0.2, 0) is 14.3 Å². The molecule has 0 unspecified atom stereocenters. The van der Waals surface area contributed by atoms with Gasteiger partial charge >= 0.3 is 5.97 Å². The molecule has 0 aromatic rings. The molecule has 0 amide bonds. The number of carbonyl (C=O) groups is 1. The molecule has 0 fully saturated rings. The van der Waals surface area contributed by atoms with Crippen molar-refractivity contribution in [2.45, 2.75) is 32.8 Å². The Hall–Kier alpha value is -1.27. The second-order valence-corrected chi connectivity index (χ2v) is 3.61. The van der Waals surface area contributed by atoms with Crippen LogP contribution in [0.25, 0.3) is 0 Å². The van der Waals surface area contributed by atoms with Gasteiger partial charge in [-0.2, -0.15) is 0 Å². The van der Waals surface area contributed by atoms with Gasteiger partial charge in [-0.05, 0) is 27.2 Å². The third kappa shape index (κ3) is 7.77. The maximum Gasteiger partial charge on any atom is 0.384 e. The van der Waals surface area contributed by atoms with Crippen molar-refractivity contribution in [1.82, 2.24) is 0 Å². The fourth-order valence-corrected chi connectivity index (χ4v) is 0.851. The first-order chi connectivity index (χ1) is 7.02. The predicted molar refractivity (Wildman–Crippen MR) is 59.3 cm³/mol. The Morgan fingerprint density at radius 3 is 2.67 bits per heavy atom. The van der Waals surface area contributed by atoms with Crippen LogP contribution < -0.4 is 0 Å². The SMILES string of the molecule is C/C=C/CC(C)(C)OCC#CC(=O)OC. The number of carbonyl (C=O) groups excluding carboxylic acids is 1. The van der Waals surface area contributed by atoms with Crippen LogP contribution in [0, 0.1) is 11.8 Å². The summed E-state index contributed by atoms with van der Waals surface area (Å²) in [6.45, 7) is 6.16. The van der Waals surface area contributed by atoms with Crippen molar-refractivity contribution >= 4 is 5.97 Å². The summed E-state index contributed by atoms with van der Waals surface area (Å²) in [7, 11) is 1.30. The average molecular weight is 210 g/mol. The summed E-state index contributed by atoms with van der Waals surface area (Å²) in [4.78, 5) is 10.6. The first-order valence-corrected chi connectivity index (χ1v) is 4.84. The molecule has 3 nitrogen and oxygen atoms in total. The van der Waals surface area contributed by atoms with Crippen molar-refractivity contribution in [3.05, 3.63) is 12.2 Å². The zero-order chi connectivity index (χ0) is 11.7. The van der Waals surface area contributed by atoms with E-state index < -0.39 is 5.97 Å². The molecule has 0 aliphatic heterocycles. The van der Waals surface area contributed by atoms with Crippen molar-refractivity contribution in [3.63, 3.8) is 0 Å². The molecule has 0 heterocycles. The van der Waals surface area contributed by atoms with Crippen LogP contribution >= 0.6 is 0 Å². The highest BCUT2D eigenvalue weighted by atomic mass is 16.5. The lowest BCUT2D eigenvalue weighted by atomic mass is 10.1. The summed E-state index contributed by atoms with van der Waals surface area (Å²) >= 11 is 0. The average Bonchev–Trinajstić information content (AvgIpc) is 2.21. The zero-order valence-corrected chi connectivity index (χ0v) is 9.79. The smallest absolute Gasteiger partial charge is 0.384 e. The minimum absolute atomic E-state index is 0.236. The maximum absolute atomic E-state index is 10.6. The molecule has 0 aliphatic carbocycles. The van der Waals surface area contributed by atoms with E-state index in [1.165, 1.54) is 7.11 Å². The first kappa shape index (κ1) is 13.7. The zero-order valence-electron chi connectivity index (χ0n) is 9.79. The van der Waals surface area contributed by atoms with E-state index in [2.05, 4.69) is 16.6 Å². The number of allylic oxidation sites excluding steroid dienone is 1. The molecule has 0 spiro atoms. The minimum atomic E-state index is -0.537. The highest BCUT2D eigenvalue weighted by Crippen LogP contribution is 2.14. The summed E-state index contributed by atoms with van der Waals surface area (Å²) in [5.74, 6) is 4.37. The lowest BCUT2D eigenvalue weighted by molar-refractivity contribution is -0.133. The summed E-state index contributed by atoms with van der Waals surface area (Å²) in [5, 5.41) is 0. The summed E-state index contributed by atoms with van der Waals surface area (Å²) in [6.07, 6.45) is 4.84. The van der Waals surface area contributed by atoms with Gasteiger partial charge < -0.3 is 9.47 Å². The van der Waals surface area contributed by atoms with Gasteiger partial charge in [-0.3, -0.25) is 0 Å². The van der Waals surface area contributed by atoms with Crippen molar-refractivity contribution in [2.24, 2.45) is 0 Å². The van der Waals surface area contributed by atoms with Gasteiger partial charge in [0.2, 0.25) is 0 Å². The van der Waals surface area contributed by atoms with E-state index in [0.29, 0.717) is 0 Å². The summed E-state index contributed by atoms with van der Waals surface area (Å²) in [5.41, 5.74) is -0.253. The van der Waals surface area contributed by atoms with Crippen molar-refractivity contribution in [1.29, 1.82) is 0 Å². The lowest BCUT2D eigenvalue weighted by Crippen LogP contribution is -2.23. The largest absolute Gasteiger partial charge is 0.459 e. The molecule has 15 heavy (non-hydrogen) atoms. The van der Waals surface area contributed by atoms with Crippen LogP contribution in [0.5, 0.6) is 0 Å². The van der Waals surface area contributed by atoms with Gasteiger partial charge in [-0.1, -0.05) is 18.1 Å². The van der Waals surface area contributed by atoms with E-state index in [9.17, 15) is 4.79 Å². The minimum Gasteiger partial charge on any atom is -0.459 e. The monoisotopic (exact) mass is 210 g/mol. The van der Waals surface area contributed by atoms with Gasteiger partial charge in [0, 0.05) is 5.92 Å². The first-order valence-electron chi connectivity index (χ1n) is 4.84. The molecule has 0 N–H and O–H groups in total. The van der Waals surface area contributed by atoms with Crippen LogP contribution in [-0.4, -0.2) is 25.3 Å². The number of methoxy groups -OCH3 is 1. The molecule has 0 saturated carbocycles. The topological polar surface area (TPSA) is 35.5 Å². The van der Waals surface area contributed by atoms with Gasteiger partial charge in [0.05, 0.1) is 12.7 Å². The molecule has 0 rings (SSSR count). The van der Waals surface area contributed by atoms with E-state index in [1.807, 2.05) is 32.9 Å². The molecular weight excluding hydrogens is 192 g/mol. The predicted octanol–water partition coefficient (Wildman–Crippen LogP) is 1.92. The Morgan fingerprint density at radius 1 is 1.47 bits per heavy atom. The second kappa shape index (κ2) is 7.08. The van der Waals surface area contributed by atoms with Gasteiger partial charge in [0.15, 0.2) is 0 Å². The number of hydrogen-bond acceptors (Lipinski definition) is 3. The molecule has 0 radical (unpaired) electrons. The second-order valence-electron chi connectivity index (χ2n) is 3.61. The maximum atomic E-state index is 10.6. The van der Waals surface area contributed by atoms with Gasteiger partial charge in [0.1, 0.15) is 6.61 Å². The molecule has 0 saturated heterocycles. The molecule has 0 aromatic carbocycles. The normalized spacial score (nSPS) is 10.9. The van der Waals surface area contributed by atoms with Crippen LogP contribution in [0.1, 0.15) is 27.2 Å². The molecule has 0 bridgehead atoms. The molecular formula is C12H18O3. The highest BCUT2D eigenvalue weighted by Gasteiger charge is 2.15. The number of ether oxygens (including phenoxy) is 2. The van der Waals surface area contributed by atoms with Crippen LogP contribution in [0.15, 0.2) is 12.2 Å². The van der Waals surface area contributed by atoms with Gasteiger partial charge in [-0.25, -0.2) is 4.79 Å². The Labute approximate surface area is 91.5 Å². The van der Waals surface area contributed by atoms with Gasteiger partial charge in [-0.15, -0.1) is 0 Å². The van der Waals surface area contributed by atoms with E-state index in [0.717, 1.165) is 6.42 Å². The Balaban J connectivity index is 3.91. The highest BCUT2D eigenvalue weighted by molar-refractivity contribution is 5.88. The number of hydrogen-bond donors (Lipinski definition) is 0. The van der Waals surface area contributed by atoms with Crippen LogP contribution in [0.2, 0.25) is 0 Å². The summed E-state index contributed by atoms with van der Waals surface area (Å²) < 4.78 is 9.86. The summed E-state index contributed by atoms with van der Waals surface area (Å²) in [6, 6.07) is 0. The number of rotatable bonds is 4. The van der Waals surface area contributed by atoms with Crippen LogP contribution in [0.4, 0.5) is 0 Å². The van der Waals surface area contributed by atoms with Crippen molar-refractivity contribution in [3.8, 4) is 11.8 Å². The molecule has 3 heteroatoms. The molecule has 84 valence electrons. The fraction of sp³-hybridized carbons (Fsp3) is 0.583. The Bertz CT molecular complexity index is 279. The molecule has 0 atom stereocenters. The van der Waals surface area contributed by atoms with E-state index >= 15 is 0 Å². The molecule has 0 aliphatic rings. The van der Waals surface area contributed by atoms with Crippen molar-refractivity contribution < 1.29 is 14.3 Å². The Kier molecular flexibility index (Phi) is 6.48. The lowest BCUT2D eigenvalue weighted by Gasteiger charge is -2.22. The number of esters is 1. The third-order valence-electron chi connectivity index (χ3n) is 1.76. The van der Waals surface area contributed by atoms with E-state index in [4.69, 9.17) is 4.74 Å². The van der Waals surface area contributed by atoms with Gasteiger partial charge in [0.25, 0.3) is 0 Å². The third-order valence-corrected chi connectivity index (χ3v) is 1.76. The Morgan fingerprint density at radius 2 is 2.13 bits per heavy atom. The van der Waals surface area contributed by atoms with Crippen LogP contribution in [0.3, 0.4) is 0 Å². The standard InChI is InChI=1S/C12H18O3/c1-5-6-9-12(2,3)15-10-7-8-11(13)14-4/h5-6H,9-10H2,1-4H3/b6-5+.